The summed E-state index contributed by atoms with van der Waals surface area (Å²) in [4.78, 5) is 0. The molecule has 0 aliphatic carbocycles. The normalized spacial score (nSPS) is 9.00. The molecule has 0 aliphatic rings. The van der Waals surface area contributed by atoms with E-state index in [0.717, 1.165) is 24.8 Å². The van der Waals surface area contributed by atoms with E-state index in [1.54, 1.807) is 6.08 Å². The summed E-state index contributed by atoms with van der Waals surface area (Å²) < 4.78 is 0. The summed E-state index contributed by atoms with van der Waals surface area (Å²) in [5.74, 6) is 0. The Kier molecular flexibility index (Phi) is 5.23. The molecule has 0 rings (SSSR count). The zero-order valence-electron chi connectivity index (χ0n) is 5.77. The van der Waals surface area contributed by atoms with Gasteiger partial charge in [0.2, 0.25) is 0 Å². The monoisotopic (exact) mass is 126 g/mol. The summed E-state index contributed by atoms with van der Waals surface area (Å²) in [5, 5.41) is 8.40. The molecule has 0 heterocycles. The third kappa shape index (κ3) is 5.31. The van der Waals surface area contributed by atoms with E-state index in [1.807, 2.05) is 0 Å². The van der Waals surface area contributed by atoms with Crippen LogP contribution in [0.1, 0.15) is 19.3 Å². The molecule has 0 unspecified atom stereocenters. The first-order chi connectivity index (χ1) is 4.31. The lowest BCUT2D eigenvalue weighted by Crippen LogP contribution is -1.83. The molecule has 0 aromatic carbocycles. The second-order valence-corrected chi connectivity index (χ2v) is 2.04. The van der Waals surface area contributed by atoms with Crippen LogP contribution in [0.5, 0.6) is 0 Å². The van der Waals surface area contributed by atoms with Crippen LogP contribution < -0.4 is 0 Å². The molecule has 0 amide bonds. The number of aliphatic hydroxyl groups excluding tert-OH is 1. The summed E-state index contributed by atoms with van der Waals surface area (Å²) in [6.07, 6.45) is 4.61. The molecule has 0 saturated carbocycles. The fourth-order valence-electron chi connectivity index (χ4n) is 0.566. The van der Waals surface area contributed by atoms with E-state index >= 15 is 0 Å². The Morgan fingerprint density at radius 2 is 2.11 bits per heavy atom. The van der Waals surface area contributed by atoms with Gasteiger partial charge < -0.3 is 5.11 Å². The lowest BCUT2D eigenvalue weighted by atomic mass is 10.1. The van der Waals surface area contributed by atoms with Crippen LogP contribution in [0.2, 0.25) is 0 Å². The second kappa shape index (κ2) is 5.57. The Morgan fingerprint density at radius 1 is 1.44 bits per heavy atom. The number of rotatable bonds is 5. The summed E-state index contributed by atoms with van der Waals surface area (Å²) in [5.41, 5.74) is 1.06. The average molecular weight is 126 g/mol. The molecule has 0 spiro atoms. The van der Waals surface area contributed by atoms with Crippen molar-refractivity contribution >= 4 is 0 Å². The number of hydrogen-bond donors (Lipinski definition) is 1. The summed E-state index contributed by atoms with van der Waals surface area (Å²) >= 11 is 0. The van der Waals surface area contributed by atoms with Gasteiger partial charge in [-0.25, -0.2) is 0 Å². The summed E-state index contributed by atoms with van der Waals surface area (Å²) in [7, 11) is 0. The van der Waals surface area contributed by atoms with Crippen LogP contribution in [-0.2, 0) is 0 Å². The van der Waals surface area contributed by atoms with Gasteiger partial charge in [0, 0.05) is 6.61 Å². The van der Waals surface area contributed by atoms with Gasteiger partial charge >= 0.3 is 0 Å². The van der Waals surface area contributed by atoms with Crippen LogP contribution in [0.4, 0.5) is 0 Å². The van der Waals surface area contributed by atoms with Crippen molar-refractivity contribution in [3.8, 4) is 0 Å². The zero-order valence-corrected chi connectivity index (χ0v) is 5.77. The van der Waals surface area contributed by atoms with Gasteiger partial charge in [-0.2, -0.15) is 0 Å². The van der Waals surface area contributed by atoms with Crippen molar-refractivity contribution in [1.82, 2.24) is 0 Å². The van der Waals surface area contributed by atoms with Crippen molar-refractivity contribution in [2.24, 2.45) is 0 Å². The standard InChI is InChI=1S/C8H14O/c1-3-8(2)6-4-5-7-9/h3,9H,1-2,4-7H2. The number of hydrogen-bond acceptors (Lipinski definition) is 1. The molecular weight excluding hydrogens is 112 g/mol. The van der Waals surface area contributed by atoms with Crippen molar-refractivity contribution < 1.29 is 5.11 Å². The Hall–Kier alpha value is -0.560. The molecule has 0 aromatic rings. The maximum absolute atomic E-state index is 8.40. The maximum Gasteiger partial charge on any atom is 0.0431 e. The first-order valence-electron chi connectivity index (χ1n) is 3.22. The number of unbranched alkanes of at least 4 members (excludes halogenated alkanes) is 1. The third-order valence-corrected chi connectivity index (χ3v) is 1.19. The van der Waals surface area contributed by atoms with Gasteiger partial charge in [0.1, 0.15) is 0 Å². The minimum Gasteiger partial charge on any atom is -0.396 e. The highest BCUT2D eigenvalue weighted by molar-refractivity contribution is 5.10. The van der Waals surface area contributed by atoms with E-state index in [2.05, 4.69) is 13.2 Å². The van der Waals surface area contributed by atoms with E-state index in [9.17, 15) is 0 Å². The van der Waals surface area contributed by atoms with Gasteiger partial charge in [-0.15, -0.1) is 0 Å². The molecule has 0 atom stereocenters. The fourth-order valence-corrected chi connectivity index (χ4v) is 0.566. The van der Waals surface area contributed by atoms with Gasteiger partial charge in [-0.05, 0) is 19.3 Å². The van der Waals surface area contributed by atoms with Gasteiger partial charge in [0.15, 0.2) is 0 Å². The number of aliphatic hydroxyl groups is 1. The predicted molar refractivity (Wildman–Crippen MR) is 40.3 cm³/mol. The molecule has 9 heavy (non-hydrogen) atoms. The first kappa shape index (κ1) is 8.44. The minimum atomic E-state index is 0.282. The minimum absolute atomic E-state index is 0.282. The second-order valence-electron chi connectivity index (χ2n) is 2.04. The van der Waals surface area contributed by atoms with Crippen molar-refractivity contribution in [3.05, 3.63) is 24.8 Å². The maximum atomic E-state index is 8.40. The van der Waals surface area contributed by atoms with Crippen LogP contribution in [0.15, 0.2) is 24.8 Å². The molecule has 0 bridgehead atoms. The number of allylic oxidation sites excluding steroid dienone is 2. The van der Waals surface area contributed by atoms with Crippen LogP contribution in [0.25, 0.3) is 0 Å². The predicted octanol–water partition coefficient (Wildman–Crippen LogP) is 1.89. The van der Waals surface area contributed by atoms with E-state index in [-0.39, 0.29) is 6.61 Å². The Labute approximate surface area is 56.7 Å². The van der Waals surface area contributed by atoms with E-state index in [1.165, 1.54) is 0 Å². The van der Waals surface area contributed by atoms with Crippen LogP contribution in [0, 0.1) is 0 Å². The summed E-state index contributed by atoms with van der Waals surface area (Å²) in [6.45, 7) is 7.60. The van der Waals surface area contributed by atoms with Gasteiger partial charge in [-0.3, -0.25) is 0 Å². The molecule has 1 nitrogen and oxygen atoms in total. The lowest BCUT2D eigenvalue weighted by Gasteiger charge is -1.95. The highest BCUT2D eigenvalue weighted by atomic mass is 16.2. The third-order valence-electron chi connectivity index (χ3n) is 1.19. The van der Waals surface area contributed by atoms with Gasteiger partial charge in [-0.1, -0.05) is 24.8 Å². The van der Waals surface area contributed by atoms with E-state index < -0.39 is 0 Å². The Bertz CT molecular complexity index is 94.7. The molecule has 0 radical (unpaired) electrons. The van der Waals surface area contributed by atoms with Crippen LogP contribution in [0.3, 0.4) is 0 Å². The quantitative estimate of drug-likeness (QED) is 0.440. The van der Waals surface area contributed by atoms with Crippen LogP contribution >= 0.6 is 0 Å². The fraction of sp³-hybridized carbons (Fsp3) is 0.500. The highest BCUT2D eigenvalue weighted by Gasteiger charge is 1.87. The average Bonchev–Trinajstić information content (AvgIpc) is 1.89. The van der Waals surface area contributed by atoms with Crippen molar-refractivity contribution in [1.29, 1.82) is 0 Å². The smallest absolute Gasteiger partial charge is 0.0431 e. The van der Waals surface area contributed by atoms with Gasteiger partial charge in [0.05, 0.1) is 0 Å². The highest BCUT2D eigenvalue weighted by Crippen LogP contribution is 2.04. The molecule has 0 fully saturated rings. The lowest BCUT2D eigenvalue weighted by molar-refractivity contribution is 0.285. The van der Waals surface area contributed by atoms with Crippen molar-refractivity contribution in [2.75, 3.05) is 6.61 Å². The molecule has 0 saturated heterocycles. The molecule has 1 heteroatoms. The molecule has 0 aliphatic heterocycles. The Balaban J connectivity index is 3.07. The molecule has 52 valence electrons. The van der Waals surface area contributed by atoms with Gasteiger partial charge in [0.25, 0.3) is 0 Å². The topological polar surface area (TPSA) is 20.2 Å². The van der Waals surface area contributed by atoms with Crippen molar-refractivity contribution in [2.45, 2.75) is 19.3 Å². The molecule has 1 N–H and O–H groups in total. The van der Waals surface area contributed by atoms with Crippen LogP contribution in [-0.4, -0.2) is 11.7 Å². The van der Waals surface area contributed by atoms with E-state index in [0.29, 0.717) is 0 Å². The van der Waals surface area contributed by atoms with Crippen molar-refractivity contribution in [3.63, 3.8) is 0 Å². The SMILES string of the molecule is C=CC(=C)CCCCO. The summed E-state index contributed by atoms with van der Waals surface area (Å²) in [6, 6.07) is 0. The Morgan fingerprint density at radius 3 is 2.56 bits per heavy atom. The zero-order chi connectivity index (χ0) is 7.11. The largest absolute Gasteiger partial charge is 0.396 e. The first-order valence-corrected chi connectivity index (χ1v) is 3.22. The van der Waals surface area contributed by atoms with E-state index in [4.69, 9.17) is 5.11 Å². The molecule has 0 aromatic heterocycles. The molecular formula is C8H14O.